The van der Waals surface area contributed by atoms with Crippen LogP contribution in [0.2, 0.25) is 0 Å². The number of methoxy groups -OCH3 is 1. The Morgan fingerprint density at radius 1 is 1.19 bits per heavy atom. The van der Waals surface area contributed by atoms with E-state index in [1.807, 2.05) is 12.1 Å². The number of amides is 5. The number of benzene rings is 2. The molecule has 2 aliphatic rings. The van der Waals surface area contributed by atoms with Crippen LogP contribution in [0.3, 0.4) is 0 Å². The van der Waals surface area contributed by atoms with Gasteiger partial charge in [0, 0.05) is 25.1 Å². The maximum Gasteiger partial charge on any atom is 0.319 e. The van der Waals surface area contributed by atoms with Crippen LogP contribution in [0.4, 0.5) is 10.5 Å². The first-order valence-electron chi connectivity index (χ1n) is 9.90. The van der Waals surface area contributed by atoms with Crippen molar-refractivity contribution in [1.29, 1.82) is 0 Å². The van der Waals surface area contributed by atoms with Crippen molar-refractivity contribution in [2.75, 3.05) is 12.4 Å². The molecule has 2 aromatic rings. The Morgan fingerprint density at radius 3 is 2.77 bits per heavy atom. The van der Waals surface area contributed by atoms with Gasteiger partial charge in [-0.2, -0.15) is 0 Å². The first-order chi connectivity index (χ1) is 15.0. The van der Waals surface area contributed by atoms with Crippen molar-refractivity contribution in [2.45, 2.75) is 32.0 Å². The van der Waals surface area contributed by atoms with Gasteiger partial charge >= 0.3 is 6.03 Å². The smallest absolute Gasteiger partial charge is 0.319 e. The highest BCUT2D eigenvalue weighted by atomic mass is 16.5. The number of ether oxygens (including phenoxy) is 1. The summed E-state index contributed by atoms with van der Waals surface area (Å²) < 4.78 is 5.22. The molecule has 9 heteroatoms. The molecule has 4 rings (SSSR count). The second-order valence-corrected chi connectivity index (χ2v) is 7.40. The number of piperidine rings is 1. The molecule has 1 unspecified atom stereocenters. The van der Waals surface area contributed by atoms with Crippen LogP contribution in [-0.4, -0.2) is 41.8 Å². The number of fused-ring (bicyclic) bond motifs is 1. The third-order valence-corrected chi connectivity index (χ3v) is 5.40. The molecule has 0 saturated carbocycles. The van der Waals surface area contributed by atoms with Gasteiger partial charge in [0.1, 0.15) is 11.8 Å². The Bertz CT molecular complexity index is 1070. The Morgan fingerprint density at radius 2 is 2.00 bits per heavy atom. The third kappa shape index (κ3) is 4.20. The molecule has 0 spiro atoms. The van der Waals surface area contributed by atoms with E-state index < -0.39 is 11.9 Å². The molecule has 5 amide bonds. The SMILES string of the molecule is COc1ccccc1NC(=O)NCc1ccc2c(c1)CN(C1CCC(=O)NC1=O)C2=O. The predicted molar refractivity (Wildman–Crippen MR) is 111 cm³/mol. The van der Waals surface area contributed by atoms with Crippen molar-refractivity contribution >= 4 is 29.4 Å². The van der Waals surface area contributed by atoms with Gasteiger partial charge in [0.2, 0.25) is 11.8 Å². The molecule has 3 N–H and O–H groups in total. The number of hydrogen-bond donors (Lipinski definition) is 3. The van der Waals surface area contributed by atoms with Gasteiger partial charge in [-0.1, -0.05) is 24.3 Å². The summed E-state index contributed by atoms with van der Waals surface area (Å²) in [5, 5.41) is 7.81. The number of anilines is 1. The molecule has 0 aliphatic carbocycles. The standard InChI is InChI=1S/C22H22N4O5/c1-31-18-5-3-2-4-16(18)24-22(30)23-11-13-6-7-15-14(10-13)12-26(21(15)29)17-8-9-19(27)25-20(17)28/h2-7,10,17H,8-9,11-12H2,1H3,(H2,23,24,30)(H,25,27,28). The average Bonchev–Trinajstić information content (AvgIpc) is 3.08. The molecule has 160 valence electrons. The van der Waals surface area contributed by atoms with Crippen LogP contribution < -0.4 is 20.7 Å². The van der Waals surface area contributed by atoms with Crippen molar-refractivity contribution in [3.8, 4) is 5.75 Å². The van der Waals surface area contributed by atoms with Gasteiger partial charge in [0.15, 0.2) is 0 Å². The number of carbonyl (C=O) groups excluding carboxylic acids is 4. The minimum atomic E-state index is -0.647. The van der Waals surface area contributed by atoms with Crippen LogP contribution in [0.1, 0.15) is 34.3 Å². The van der Waals surface area contributed by atoms with E-state index in [-0.39, 0.29) is 30.8 Å². The van der Waals surface area contributed by atoms with E-state index >= 15 is 0 Å². The number of rotatable bonds is 5. The number of carbonyl (C=O) groups is 4. The number of nitrogens with one attached hydrogen (secondary N) is 3. The number of nitrogens with zero attached hydrogens (tertiary/aromatic N) is 1. The minimum Gasteiger partial charge on any atom is -0.495 e. The van der Waals surface area contributed by atoms with Gasteiger partial charge < -0.3 is 20.3 Å². The lowest BCUT2D eigenvalue weighted by Gasteiger charge is -2.29. The molecular formula is C22H22N4O5. The molecule has 1 atom stereocenters. The molecule has 1 fully saturated rings. The van der Waals surface area contributed by atoms with E-state index in [4.69, 9.17) is 4.74 Å². The largest absolute Gasteiger partial charge is 0.495 e. The zero-order chi connectivity index (χ0) is 22.0. The summed E-state index contributed by atoms with van der Waals surface area (Å²) >= 11 is 0. The van der Waals surface area contributed by atoms with Crippen LogP contribution >= 0.6 is 0 Å². The second-order valence-electron chi connectivity index (χ2n) is 7.40. The predicted octanol–water partition coefficient (Wildman–Crippen LogP) is 1.78. The Kier molecular flexibility index (Phi) is 5.57. The van der Waals surface area contributed by atoms with Crippen LogP contribution in [0.5, 0.6) is 5.75 Å². The number of imide groups is 1. The normalized spacial score (nSPS) is 17.8. The highest BCUT2D eigenvalue weighted by molar-refractivity contribution is 6.05. The fraction of sp³-hybridized carbons (Fsp3) is 0.273. The van der Waals surface area contributed by atoms with Crippen molar-refractivity contribution < 1.29 is 23.9 Å². The van der Waals surface area contributed by atoms with Crippen molar-refractivity contribution in [2.24, 2.45) is 0 Å². The second kappa shape index (κ2) is 8.47. The zero-order valence-electron chi connectivity index (χ0n) is 16.9. The van der Waals surface area contributed by atoms with Crippen molar-refractivity contribution in [1.82, 2.24) is 15.5 Å². The minimum absolute atomic E-state index is 0.215. The first kappa shape index (κ1) is 20.4. The van der Waals surface area contributed by atoms with Gasteiger partial charge in [-0.15, -0.1) is 0 Å². The molecule has 9 nitrogen and oxygen atoms in total. The maximum absolute atomic E-state index is 12.7. The average molecular weight is 422 g/mol. The summed E-state index contributed by atoms with van der Waals surface area (Å²) in [5.41, 5.74) is 2.71. The highest BCUT2D eigenvalue weighted by Crippen LogP contribution is 2.28. The van der Waals surface area contributed by atoms with Crippen LogP contribution in [-0.2, 0) is 22.7 Å². The summed E-state index contributed by atoms with van der Waals surface area (Å²) in [4.78, 5) is 50.0. The molecule has 0 aromatic heterocycles. The topological polar surface area (TPSA) is 117 Å². The van der Waals surface area contributed by atoms with E-state index in [1.54, 1.807) is 30.3 Å². The number of hydrogen-bond acceptors (Lipinski definition) is 5. The number of urea groups is 1. The lowest BCUT2D eigenvalue weighted by Crippen LogP contribution is -2.52. The van der Waals surface area contributed by atoms with Crippen LogP contribution in [0.25, 0.3) is 0 Å². The lowest BCUT2D eigenvalue weighted by atomic mass is 10.0. The van der Waals surface area contributed by atoms with Gasteiger partial charge in [-0.05, 0) is 35.7 Å². The number of para-hydroxylation sites is 2. The molecule has 1 saturated heterocycles. The van der Waals surface area contributed by atoms with E-state index in [2.05, 4.69) is 16.0 Å². The summed E-state index contributed by atoms with van der Waals surface area (Å²) in [7, 11) is 1.53. The third-order valence-electron chi connectivity index (χ3n) is 5.40. The van der Waals surface area contributed by atoms with Gasteiger partial charge in [0.05, 0.1) is 12.8 Å². The quantitative estimate of drug-likeness (QED) is 0.635. The zero-order valence-corrected chi connectivity index (χ0v) is 16.9. The van der Waals surface area contributed by atoms with E-state index in [9.17, 15) is 19.2 Å². The van der Waals surface area contributed by atoms with Gasteiger partial charge in [-0.25, -0.2) is 4.79 Å². The van der Waals surface area contributed by atoms with Gasteiger partial charge in [-0.3, -0.25) is 19.7 Å². The summed E-state index contributed by atoms with van der Waals surface area (Å²) in [6, 6.07) is 11.4. The first-order valence-corrected chi connectivity index (χ1v) is 9.90. The molecule has 0 radical (unpaired) electrons. The molecule has 2 aromatic carbocycles. The maximum atomic E-state index is 12.7. The Labute approximate surface area is 178 Å². The molecule has 2 aliphatic heterocycles. The molecule has 0 bridgehead atoms. The molecule has 31 heavy (non-hydrogen) atoms. The van der Waals surface area contributed by atoms with Crippen molar-refractivity contribution in [3.63, 3.8) is 0 Å². The molecule has 2 heterocycles. The van der Waals surface area contributed by atoms with E-state index in [0.717, 1.165) is 11.1 Å². The molecular weight excluding hydrogens is 400 g/mol. The summed E-state index contributed by atoms with van der Waals surface area (Å²) in [6.07, 6.45) is 0.537. The highest BCUT2D eigenvalue weighted by Gasteiger charge is 2.39. The van der Waals surface area contributed by atoms with Gasteiger partial charge in [0.25, 0.3) is 5.91 Å². The Balaban J connectivity index is 1.39. The van der Waals surface area contributed by atoms with Crippen molar-refractivity contribution in [3.05, 3.63) is 59.2 Å². The monoisotopic (exact) mass is 422 g/mol. The van der Waals surface area contributed by atoms with E-state index in [0.29, 0.717) is 30.0 Å². The van der Waals surface area contributed by atoms with Crippen LogP contribution in [0, 0.1) is 0 Å². The fourth-order valence-corrected chi connectivity index (χ4v) is 3.83. The lowest BCUT2D eigenvalue weighted by molar-refractivity contribution is -0.136. The van der Waals surface area contributed by atoms with E-state index in [1.165, 1.54) is 12.0 Å². The Hall–Kier alpha value is -3.88. The fourth-order valence-electron chi connectivity index (χ4n) is 3.83. The van der Waals surface area contributed by atoms with Crippen LogP contribution in [0.15, 0.2) is 42.5 Å². The summed E-state index contributed by atoms with van der Waals surface area (Å²) in [6.45, 7) is 0.558. The summed E-state index contributed by atoms with van der Waals surface area (Å²) in [5.74, 6) is -0.419.